The van der Waals surface area contributed by atoms with Crippen molar-refractivity contribution < 1.29 is 0 Å². The van der Waals surface area contributed by atoms with Crippen LogP contribution in [0.2, 0.25) is 0 Å². The zero-order valence-corrected chi connectivity index (χ0v) is 14.2. The standard InChI is InChI=1S/C18H25NS/c1-11(2)14-9-15(12(3)4)17(16(10-14)13(5)6)18-19-7-8-20-18/h7-13H,1-6H3. The zero-order chi connectivity index (χ0) is 14.9. The Labute approximate surface area is 127 Å². The average Bonchev–Trinajstić information content (AvgIpc) is 2.90. The van der Waals surface area contributed by atoms with E-state index in [1.807, 2.05) is 6.20 Å². The second kappa shape index (κ2) is 6.09. The van der Waals surface area contributed by atoms with Crippen molar-refractivity contribution in [1.82, 2.24) is 4.98 Å². The molecule has 0 atom stereocenters. The lowest BCUT2D eigenvalue weighted by Gasteiger charge is -2.21. The normalized spacial score (nSPS) is 11.8. The fraction of sp³-hybridized carbons (Fsp3) is 0.500. The fourth-order valence-electron chi connectivity index (χ4n) is 2.55. The first-order valence-corrected chi connectivity index (χ1v) is 8.37. The van der Waals surface area contributed by atoms with E-state index in [1.165, 1.54) is 22.3 Å². The predicted molar refractivity (Wildman–Crippen MR) is 89.8 cm³/mol. The number of benzene rings is 1. The van der Waals surface area contributed by atoms with E-state index in [0.717, 1.165) is 5.01 Å². The van der Waals surface area contributed by atoms with Gasteiger partial charge in [-0.3, -0.25) is 0 Å². The summed E-state index contributed by atoms with van der Waals surface area (Å²) in [4.78, 5) is 4.57. The van der Waals surface area contributed by atoms with Gasteiger partial charge in [0.25, 0.3) is 0 Å². The summed E-state index contributed by atoms with van der Waals surface area (Å²) in [7, 11) is 0. The van der Waals surface area contributed by atoms with Crippen LogP contribution in [-0.4, -0.2) is 4.98 Å². The molecule has 0 bridgehead atoms. The van der Waals surface area contributed by atoms with Crippen molar-refractivity contribution in [3.63, 3.8) is 0 Å². The predicted octanol–water partition coefficient (Wildman–Crippen LogP) is 6.18. The van der Waals surface area contributed by atoms with Crippen molar-refractivity contribution in [1.29, 1.82) is 0 Å². The monoisotopic (exact) mass is 287 g/mol. The molecule has 0 radical (unpaired) electrons. The maximum absolute atomic E-state index is 4.57. The quantitative estimate of drug-likeness (QED) is 0.654. The molecular weight excluding hydrogens is 262 g/mol. The third kappa shape index (κ3) is 2.95. The maximum atomic E-state index is 4.57. The summed E-state index contributed by atoms with van der Waals surface area (Å²) < 4.78 is 0. The van der Waals surface area contributed by atoms with Crippen molar-refractivity contribution >= 4 is 11.3 Å². The highest BCUT2D eigenvalue weighted by atomic mass is 32.1. The third-order valence-corrected chi connectivity index (χ3v) is 4.57. The molecule has 1 aromatic heterocycles. The molecule has 0 aliphatic rings. The van der Waals surface area contributed by atoms with E-state index in [9.17, 15) is 0 Å². The summed E-state index contributed by atoms with van der Waals surface area (Å²) in [5.41, 5.74) is 5.69. The van der Waals surface area contributed by atoms with Gasteiger partial charge in [0, 0.05) is 17.1 Å². The van der Waals surface area contributed by atoms with Gasteiger partial charge in [0.15, 0.2) is 0 Å². The molecule has 0 saturated carbocycles. The Morgan fingerprint density at radius 3 is 1.75 bits per heavy atom. The molecule has 0 unspecified atom stereocenters. The Balaban J connectivity index is 2.75. The summed E-state index contributed by atoms with van der Waals surface area (Å²) >= 11 is 1.74. The summed E-state index contributed by atoms with van der Waals surface area (Å²) in [6.45, 7) is 13.7. The van der Waals surface area contributed by atoms with E-state index in [2.05, 4.69) is 64.0 Å². The van der Waals surface area contributed by atoms with Crippen LogP contribution in [0.1, 0.15) is 76.0 Å². The van der Waals surface area contributed by atoms with Gasteiger partial charge in [-0.1, -0.05) is 53.7 Å². The van der Waals surface area contributed by atoms with Gasteiger partial charge in [-0.25, -0.2) is 4.98 Å². The van der Waals surface area contributed by atoms with E-state index in [4.69, 9.17) is 0 Å². The summed E-state index contributed by atoms with van der Waals surface area (Å²) in [6.07, 6.45) is 1.91. The maximum Gasteiger partial charge on any atom is 0.123 e. The molecular formula is C18H25NS. The molecule has 0 spiro atoms. The molecule has 2 aromatic rings. The van der Waals surface area contributed by atoms with Crippen LogP contribution in [-0.2, 0) is 0 Å². The number of nitrogens with zero attached hydrogens (tertiary/aromatic N) is 1. The van der Waals surface area contributed by atoms with Crippen molar-refractivity contribution in [2.45, 2.75) is 59.3 Å². The van der Waals surface area contributed by atoms with Crippen molar-refractivity contribution in [2.24, 2.45) is 0 Å². The Morgan fingerprint density at radius 1 is 0.850 bits per heavy atom. The second-order valence-corrected chi connectivity index (χ2v) is 7.27. The third-order valence-electron chi connectivity index (χ3n) is 3.78. The number of aromatic nitrogens is 1. The van der Waals surface area contributed by atoms with Crippen LogP contribution < -0.4 is 0 Å². The van der Waals surface area contributed by atoms with E-state index >= 15 is 0 Å². The molecule has 2 heteroatoms. The minimum atomic E-state index is 0.519. The number of hydrogen-bond donors (Lipinski definition) is 0. The molecule has 0 fully saturated rings. The Bertz CT molecular complexity index is 536. The number of hydrogen-bond acceptors (Lipinski definition) is 2. The molecule has 1 aromatic carbocycles. The van der Waals surface area contributed by atoms with E-state index in [-0.39, 0.29) is 0 Å². The highest BCUT2D eigenvalue weighted by molar-refractivity contribution is 7.13. The van der Waals surface area contributed by atoms with Gasteiger partial charge in [0.1, 0.15) is 5.01 Å². The highest BCUT2D eigenvalue weighted by Gasteiger charge is 2.19. The van der Waals surface area contributed by atoms with Crippen molar-refractivity contribution in [2.75, 3.05) is 0 Å². The van der Waals surface area contributed by atoms with Crippen molar-refractivity contribution in [3.8, 4) is 10.6 Å². The molecule has 1 heterocycles. The highest BCUT2D eigenvalue weighted by Crippen LogP contribution is 2.39. The summed E-state index contributed by atoms with van der Waals surface area (Å²) in [5.74, 6) is 1.60. The first kappa shape index (κ1) is 15.2. The Hall–Kier alpha value is -1.15. The van der Waals surface area contributed by atoms with E-state index in [1.54, 1.807) is 11.3 Å². The SMILES string of the molecule is CC(C)c1cc(C(C)C)c(-c2nccs2)c(C(C)C)c1. The molecule has 0 aliphatic heterocycles. The van der Waals surface area contributed by atoms with Crippen LogP contribution in [0.5, 0.6) is 0 Å². The second-order valence-electron chi connectivity index (χ2n) is 6.38. The van der Waals surface area contributed by atoms with Crippen LogP contribution in [0, 0.1) is 0 Å². The largest absolute Gasteiger partial charge is 0.245 e. The van der Waals surface area contributed by atoms with Gasteiger partial charge in [-0.05, 0) is 34.4 Å². The lowest BCUT2D eigenvalue weighted by atomic mass is 9.84. The van der Waals surface area contributed by atoms with Crippen LogP contribution in [0.3, 0.4) is 0 Å². The molecule has 108 valence electrons. The van der Waals surface area contributed by atoms with Gasteiger partial charge >= 0.3 is 0 Å². The van der Waals surface area contributed by atoms with Crippen LogP contribution in [0.15, 0.2) is 23.7 Å². The van der Waals surface area contributed by atoms with E-state index < -0.39 is 0 Å². The Kier molecular flexibility index (Phi) is 4.64. The minimum absolute atomic E-state index is 0.519. The summed E-state index contributed by atoms with van der Waals surface area (Å²) in [5, 5.41) is 3.23. The molecule has 2 rings (SSSR count). The van der Waals surface area contributed by atoms with Crippen LogP contribution in [0.25, 0.3) is 10.6 Å². The molecule has 1 nitrogen and oxygen atoms in total. The van der Waals surface area contributed by atoms with Crippen molar-refractivity contribution in [3.05, 3.63) is 40.4 Å². The summed E-state index contributed by atoms with van der Waals surface area (Å²) in [6, 6.07) is 4.77. The first-order chi connectivity index (χ1) is 9.41. The van der Waals surface area contributed by atoms with Gasteiger partial charge in [-0.15, -0.1) is 11.3 Å². The lowest BCUT2D eigenvalue weighted by Crippen LogP contribution is -2.03. The minimum Gasteiger partial charge on any atom is -0.245 e. The average molecular weight is 287 g/mol. The van der Waals surface area contributed by atoms with E-state index in [0.29, 0.717) is 17.8 Å². The van der Waals surface area contributed by atoms with Gasteiger partial charge in [0.05, 0.1) is 0 Å². The molecule has 0 aliphatic carbocycles. The molecule has 20 heavy (non-hydrogen) atoms. The van der Waals surface area contributed by atoms with Crippen LogP contribution >= 0.6 is 11.3 Å². The van der Waals surface area contributed by atoms with Gasteiger partial charge in [0.2, 0.25) is 0 Å². The topological polar surface area (TPSA) is 12.9 Å². The van der Waals surface area contributed by atoms with Gasteiger partial charge in [-0.2, -0.15) is 0 Å². The fourth-order valence-corrected chi connectivity index (χ4v) is 3.28. The number of rotatable bonds is 4. The molecule has 0 N–H and O–H groups in total. The smallest absolute Gasteiger partial charge is 0.123 e. The number of thiazole rings is 1. The van der Waals surface area contributed by atoms with Crippen LogP contribution in [0.4, 0.5) is 0 Å². The molecule has 0 saturated heterocycles. The first-order valence-electron chi connectivity index (χ1n) is 7.49. The zero-order valence-electron chi connectivity index (χ0n) is 13.4. The lowest BCUT2D eigenvalue weighted by molar-refractivity contribution is 0.807. The molecule has 0 amide bonds. The Morgan fingerprint density at radius 2 is 1.40 bits per heavy atom. The van der Waals surface area contributed by atoms with Gasteiger partial charge < -0.3 is 0 Å².